The van der Waals surface area contributed by atoms with Gasteiger partial charge in [-0.05, 0) is 62.6 Å². The van der Waals surface area contributed by atoms with Gasteiger partial charge in [0.25, 0.3) is 0 Å². The summed E-state index contributed by atoms with van der Waals surface area (Å²) >= 11 is 1.48. The fourth-order valence-corrected chi connectivity index (χ4v) is 7.40. The fraction of sp³-hybridized carbons (Fsp3) is 0.367. The predicted octanol–water partition coefficient (Wildman–Crippen LogP) is 5.75. The van der Waals surface area contributed by atoms with Gasteiger partial charge in [-0.2, -0.15) is 20.7 Å². The molecule has 3 aromatic heterocycles. The van der Waals surface area contributed by atoms with Crippen molar-refractivity contribution in [1.29, 1.82) is 10.5 Å². The maximum atomic E-state index is 11.9. The van der Waals surface area contributed by atoms with Gasteiger partial charge in [0.1, 0.15) is 12.1 Å². The first-order valence-corrected chi connectivity index (χ1v) is 14.1. The number of aromatic nitrogens is 4. The molecule has 0 unspecified atom stereocenters. The van der Waals surface area contributed by atoms with Crippen LogP contribution in [-0.2, 0) is 4.79 Å². The number of carbonyl (C=O) groups is 1. The van der Waals surface area contributed by atoms with Crippen molar-refractivity contribution in [1.82, 2.24) is 24.3 Å². The minimum absolute atomic E-state index is 0.186. The van der Waals surface area contributed by atoms with Crippen LogP contribution in [0.2, 0.25) is 0 Å². The molecule has 1 aromatic carbocycles. The Kier molecular flexibility index (Phi) is 6.40. The second-order valence-electron chi connectivity index (χ2n) is 10.8. The summed E-state index contributed by atoms with van der Waals surface area (Å²) in [5.74, 6) is 0.186. The van der Waals surface area contributed by atoms with Crippen LogP contribution < -0.4 is 0 Å². The molecule has 0 atom stereocenters. The summed E-state index contributed by atoms with van der Waals surface area (Å²) < 4.78 is 3.93. The number of pyridine rings is 1. The first-order chi connectivity index (χ1) is 18.9. The third-order valence-corrected chi connectivity index (χ3v) is 9.63. The molecule has 6 rings (SSSR count). The summed E-state index contributed by atoms with van der Waals surface area (Å²) in [5, 5.41) is 28.6. The SMILES string of the molecule is CC(=O)N1CC[C@]2(CC[C@H](n3ncc(-c4cc(Sc5ccccc5C#N)c5c(C#N)cnn5c4)c3C)CC2)C1. The van der Waals surface area contributed by atoms with Crippen molar-refractivity contribution in [2.75, 3.05) is 13.1 Å². The molecule has 1 saturated carbocycles. The molecule has 196 valence electrons. The highest BCUT2D eigenvalue weighted by Gasteiger charge is 2.42. The number of hydrogen-bond donors (Lipinski definition) is 0. The molecule has 0 N–H and O–H groups in total. The van der Waals surface area contributed by atoms with Crippen LogP contribution in [0.5, 0.6) is 0 Å². The molecular weight excluding hydrogens is 506 g/mol. The van der Waals surface area contributed by atoms with E-state index in [0.29, 0.717) is 17.2 Å². The normalized spacial score (nSPS) is 20.8. The van der Waals surface area contributed by atoms with Crippen molar-refractivity contribution >= 4 is 23.2 Å². The Bertz CT molecular complexity index is 1660. The Morgan fingerprint density at radius 2 is 1.82 bits per heavy atom. The minimum Gasteiger partial charge on any atom is -0.342 e. The molecule has 1 spiro atoms. The Hall–Kier alpha value is -4.08. The number of likely N-dealkylation sites (tertiary alicyclic amines) is 1. The summed E-state index contributed by atoms with van der Waals surface area (Å²) in [6.07, 6.45) is 10.9. The Balaban J connectivity index is 1.31. The summed E-state index contributed by atoms with van der Waals surface area (Å²) in [6.45, 7) is 5.56. The lowest BCUT2D eigenvalue weighted by Gasteiger charge is -2.37. The van der Waals surface area contributed by atoms with E-state index in [0.717, 1.165) is 77.3 Å². The molecule has 2 aliphatic rings. The lowest BCUT2D eigenvalue weighted by molar-refractivity contribution is -0.128. The fourth-order valence-electron chi connectivity index (χ4n) is 6.30. The van der Waals surface area contributed by atoms with Gasteiger partial charge < -0.3 is 4.90 Å². The average molecular weight is 536 g/mol. The molecule has 39 heavy (non-hydrogen) atoms. The third-order valence-electron chi connectivity index (χ3n) is 8.53. The topological polar surface area (TPSA) is 103 Å². The molecule has 4 heterocycles. The summed E-state index contributed by atoms with van der Waals surface area (Å²) in [4.78, 5) is 15.6. The van der Waals surface area contributed by atoms with E-state index in [1.807, 2.05) is 35.5 Å². The Labute approximate surface area is 231 Å². The molecule has 0 radical (unpaired) electrons. The summed E-state index contributed by atoms with van der Waals surface area (Å²) in [7, 11) is 0. The number of hydrogen-bond acceptors (Lipinski definition) is 6. The highest BCUT2D eigenvalue weighted by atomic mass is 32.2. The van der Waals surface area contributed by atoms with Gasteiger partial charge in [0.05, 0.1) is 35.1 Å². The van der Waals surface area contributed by atoms with Gasteiger partial charge >= 0.3 is 0 Å². The van der Waals surface area contributed by atoms with Gasteiger partial charge in [-0.25, -0.2) is 4.52 Å². The van der Waals surface area contributed by atoms with Gasteiger partial charge in [-0.3, -0.25) is 9.48 Å². The van der Waals surface area contributed by atoms with E-state index >= 15 is 0 Å². The molecule has 0 bridgehead atoms. The first-order valence-electron chi connectivity index (χ1n) is 13.3. The van der Waals surface area contributed by atoms with Gasteiger partial charge in [-0.15, -0.1) is 0 Å². The molecule has 8 nitrogen and oxygen atoms in total. The van der Waals surface area contributed by atoms with Crippen molar-refractivity contribution in [2.45, 2.75) is 61.8 Å². The molecular formula is C30H29N7OS. The second-order valence-corrected chi connectivity index (χ2v) is 11.9. The molecule has 1 aliphatic heterocycles. The van der Waals surface area contributed by atoms with Crippen molar-refractivity contribution in [3.63, 3.8) is 0 Å². The van der Waals surface area contributed by atoms with Crippen molar-refractivity contribution in [3.05, 3.63) is 65.7 Å². The molecule has 2 fully saturated rings. The standard InChI is InChI=1S/C30H29N7OS/c1-20-26(17-34-37(20)25-7-9-30(10-8-25)11-12-35(19-30)21(2)38)23-13-28(29-24(15-32)16-33-36(29)18-23)39-27-6-4-3-5-22(27)14-31/h3-6,13,16-18,25H,7-12,19H2,1-2H3/t25-,30+. The van der Waals surface area contributed by atoms with Gasteiger partial charge in [-0.1, -0.05) is 23.9 Å². The van der Waals surface area contributed by atoms with Crippen LogP contribution in [0.3, 0.4) is 0 Å². The smallest absolute Gasteiger partial charge is 0.219 e. The number of nitriles is 2. The summed E-state index contributed by atoms with van der Waals surface area (Å²) in [6, 6.07) is 14.4. The Morgan fingerprint density at radius 3 is 2.54 bits per heavy atom. The van der Waals surface area contributed by atoms with Crippen LogP contribution in [0.15, 0.2) is 58.7 Å². The van der Waals surface area contributed by atoms with Crippen LogP contribution in [0, 0.1) is 35.0 Å². The third kappa shape index (κ3) is 4.47. The predicted molar refractivity (Wildman–Crippen MR) is 148 cm³/mol. The van der Waals surface area contributed by atoms with Crippen LogP contribution in [0.25, 0.3) is 16.6 Å². The van der Waals surface area contributed by atoms with Crippen molar-refractivity contribution in [3.8, 4) is 23.3 Å². The van der Waals surface area contributed by atoms with Crippen LogP contribution in [-0.4, -0.2) is 43.3 Å². The zero-order valence-electron chi connectivity index (χ0n) is 22.1. The number of nitrogens with zero attached hydrogens (tertiary/aromatic N) is 7. The van der Waals surface area contributed by atoms with E-state index in [-0.39, 0.29) is 11.3 Å². The number of benzene rings is 1. The van der Waals surface area contributed by atoms with E-state index in [1.165, 1.54) is 11.8 Å². The van der Waals surface area contributed by atoms with Crippen LogP contribution in [0.4, 0.5) is 0 Å². The molecule has 1 saturated heterocycles. The maximum Gasteiger partial charge on any atom is 0.219 e. The lowest BCUT2D eigenvalue weighted by Crippen LogP contribution is -2.34. The average Bonchev–Trinajstić information content (AvgIpc) is 3.67. The number of fused-ring (bicyclic) bond motifs is 1. The van der Waals surface area contributed by atoms with Crippen LogP contribution in [0.1, 0.15) is 61.9 Å². The molecule has 1 aliphatic carbocycles. The zero-order chi connectivity index (χ0) is 27.1. The monoisotopic (exact) mass is 535 g/mol. The van der Waals surface area contributed by atoms with Crippen molar-refractivity contribution < 1.29 is 4.79 Å². The molecule has 4 aromatic rings. The highest BCUT2D eigenvalue weighted by Crippen LogP contribution is 2.47. The van der Waals surface area contributed by atoms with Crippen LogP contribution >= 0.6 is 11.8 Å². The van der Waals surface area contributed by atoms with E-state index < -0.39 is 0 Å². The van der Waals surface area contributed by atoms with Gasteiger partial charge in [0.15, 0.2) is 0 Å². The molecule has 9 heteroatoms. The van der Waals surface area contributed by atoms with E-state index in [9.17, 15) is 15.3 Å². The first kappa shape index (κ1) is 25.2. The van der Waals surface area contributed by atoms with Crippen molar-refractivity contribution in [2.24, 2.45) is 5.41 Å². The number of rotatable bonds is 4. The lowest BCUT2D eigenvalue weighted by atomic mass is 9.72. The largest absolute Gasteiger partial charge is 0.342 e. The van der Waals surface area contributed by atoms with E-state index in [1.54, 1.807) is 23.7 Å². The second kappa shape index (κ2) is 9.91. The zero-order valence-corrected chi connectivity index (χ0v) is 22.9. The Morgan fingerprint density at radius 1 is 1.05 bits per heavy atom. The molecule has 1 amide bonds. The number of amides is 1. The maximum absolute atomic E-state index is 11.9. The van der Waals surface area contributed by atoms with E-state index in [4.69, 9.17) is 5.10 Å². The van der Waals surface area contributed by atoms with Gasteiger partial charge in [0, 0.05) is 52.8 Å². The van der Waals surface area contributed by atoms with Gasteiger partial charge in [0.2, 0.25) is 5.91 Å². The highest BCUT2D eigenvalue weighted by molar-refractivity contribution is 7.99. The quantitative estimate of drug-likeness (QED) is 0.329. The summed E-state index contributed by atoms with van der Waals surface area (Å²) in [5.41, 5.74) is 5.20. The minimum atomic E-state index is 0.186. The van der Waals surface area contributed by atoms with E-state index in [2.05, 4.69) is 34.9 Å². The number of carbonyl (C=O) groups excluding carboxylic acids is 1.